The summed E-state index contributed by atoms with van der Waals surface area (Å²) in [5, 5.41) is 22.7. The van der Waals surface area contributed by atoms with Gasteiger partial charge in [-0.3, -0.25) is 10.1 Å². The lowest BCUT2D eigenvalue weighted by molar-refractivity contribution is -0.384. The number of nitrogens with two attached hydrogens (primary N) is 1. The van der Waals surface area contributed by atoms with Gasteiger partial charge in [-0.2, -0.15) is 0 Å². The third kappa shape index (κ3) is 3.21. The predicted octanol–water partition coefficient (Wildman–Crippen LogP) is 1.68. The average molecular weight is 274 g/mol. The van der Waals surface area contributed by atoms with E-state index in [2.05, 4.69) is 10.3 Å². The smallest absolute Gasteiger partial charge is 0.311 e. The van der Waals surface area contributed by atoms with Gasteiger partial charge in [0.25, 0.3) is 0 Å². The van der Waals surface area contributed by atoms with Gasteiger partial charge >= 0.3 is 5.69 Å². The Morgan fingerprint density at radius 3 is 2.70 bits per heavy atom. The summed E-state index contributed by atoms with van der Waals surface area (Å²) in [6.07, 6.45) is 0. The van der Waals surface area contributed by atoms with Crippen molar-refractivity contribution in [1.29, 1.82) is 0 Å². The lowest BCUT2D eigenvalue weighted by Crippen LogP contribution is -2.05. The van der Waals surface area contributed by atoms with Crippen LogP contribution in [0.3, 0.4) is 0 Å². The third-order valence-electron chi connectivity index (χ3n) is 2.75. The minimum absolute atomic E-state index is 0.0173. The van der Waals surface area contributed by atoms with E-state index in [9.17, 15) is 10.1 Å². The second-order valence-corrected chi connectivity index (χ2v) is 4.19. The summed E-state index contributed by atoms with van der Waals surface area (Å²) >= 11 is 0. The molecular formula is C13H14N4O3. The summed E-state index contributed by atoms with van der Waals surface area (Å²) < 4.78 is 0. The molecule has 0 atom stereocenters. The molecule has 0 aliphatic heterocycles. The summed E-state index contributed by atoms with van der Waals surface area (Å²) in [6, 6.07) is 10.3. The van der Waals surface area contributed by atoms with Crippen molar-refractivity contribution in [1.82, 2.24) is 4.98 Å². The summed E-state index contributed by atoms with van der Waals surface area (Å²) in [4.78, 5) is 14.0. The Morgan fingerprint density at radius 1 is 1.30 bits per heavy atom. The van der Waals surface area contributed by atoms with E-state index in [-0.39, 0.29) is 18.1 Å². The largest absolute Gasteiger partial charge is 0.392 e. The first-order chi connectivity index (χ1) is 9.60. The van der Waals surface area contributed by atoms with Crippen LogP contribution in [0.1, 0.15) is 11.1 Å². The van der Waals surface area contributed by atoms with Crippen LogP contribution in [0.2, 0.25) is 0 Å². The van der Waals surface area contributed by atoms with E-state index in [1.165, 1.54) is 12.1 Å². The van der Waals surface area contributed by atoms with Crippen LogP contribution in [-0.2, 0) is 13.2 Å². The van der Waals surface area contributed by atoms with Gasteiger partial charge in [0.15, 0.2) is 0 Å². The number of nitrogens with one attached hydrogen (secondary N) is 1. The van der Waals surface area contributed by atoms with Crippen molar-refractivity contribution in [2.45, 2.75) is 13.2 Å². The first-order valence-corrected chi connectivity index (χ1v) is 5.93. The molecule has 4 N–H and O–H groups in total. The molecule has 2 aromatic rings. The van der Waals surface area contributed by atoms with Crippen LogP contribution in [0.15, 0.2) is 36.4 Å². The van der Waals surface area contributed by atoms with Crippen molar-refractivity contribution in [2.24, 2.45) is 0 Å². The highest BCUT2D eigenvalue weighted by molar-refractivity contribution is 5.57. The zero-order valence-corrected chi connectivity index (χ0v) is 10.6. The molecule has 0 aliphatic rings. The fraction of sp³-hybridized carbons (Fsp3) is 0.154. The molecule has 0 unspecified atom stereocenters. The molecule has 0 aliphatic carbocycles. The summed E-state index contributed by atoms with van der Waals surface area (Å²) in [6.45, 7) is 0.467. The van der Waals surface area contributed by atoms with Crippen LogP contribution in [0.5, 0.6) is 0 Å². The van der Waals surface area contributed by atoms with E-state index >= 15 is 0 Å². The topological polar surface area (TPSA) is 114 Å². The van der Waals surface area contributed by atoms with E-state index < -0.39 is 4.92 Å². The van der Waals surface area contributed by atoms with Crippen molar-refractivity contribution in [3.8, 4) is 0 Å². The molecular weight excluding hydrogens is 260 g/mol. The molecule has 104 valence electrons. The molecule has 0 amide bonds. The van der Waals surface area contributed by atoms with Crippen LogP contribution in [0.25, 0.3) is 0 Å². The molecule has 0 saturated heterocycles. The lowest BCUT2D eigenvalue weighted by Gasteiger charge is -2.07. The van der Waals surface area contributed by atoms with Crippen LogP contribution in [0.4, 0.5) is 17.3 Å². The summed E-state index contributed by atoms with van der Waals surface area (Å²) in [5.41, 5.74) is 7.09. The molecule has 20 heavy (non-hydrogen) atoms. The van der Waals surface area contributed by atoms with Crippen molar-refractivity contribution in [3.05, 3.63) is 57.6 Å². The second kappa shape index (κ2) is 5.98. The van der Waals surface area contributed by atoms with Crippen LogP contribution in [0, 0.1) is 10.1 Å². The number of aromatic nitrogens is 1. The maximum absolute atomic E-state index is 10.6. The second-order valence-electron chi connectivity index (χ2n) is 4.19. The SMILES string of the molecule is Nc1nc(NCc2cccc(CO)c2)ccc1[N+](=O)[O-]. The molecule has 1 heterocycles. The van der Waals surface area contributed by atoms with Crippen molar-refractivity contribution in [2.75, 3.05) is 11.1 Å². The number of rotatable bonds is 5. The Kier molecular flexibility index (Phi) is 4.11. The molecule has 1 aromatic heterocycles. The van der Waals surface area contributed by atoms with Crippen LogP contribution >= 0.6 is 0 Å². The van der Waals surface area contributed by atoms with Crippen LogP contribution in [-0.4, -0.2) is 15.0 Å². The van der Waals surface area contributed by atoms with Gasteiger partial charge in [-0.15, -0.1) is 0 Å². The number of benzene rings is 1. The summed E-state index contributed by atoms with van der Waals surface area (Å²) in [5.74, 6) is 0.339. The first-order valence-electron chi connectivity index (χ1n) is 5.93. The Labute approximate surface area is 115 Å². The molecule has 0 saturated carbocycles. The van der Waals surface area contributed by atoms with Gasteiger partial charge in [0.05, 0.1) is 11.5 Å². The fourth-order valence-electron chi connectivity index (χ4n) is 1.75. The highest BCUT2D eigenvalue weighted by Gasteiger charge is 2.12. The number of aliphatic hydroxyl groups excluding tert-OH is 1. The molecule has 7 heteroatoms. The monoisotopic (exact) mass is 274 g/mol. The zero-order valence-electron chi connectivity index (χ0n) is 10.6. The number of nitrogens with zero attached hydrogens (tertiary/aromatic N) is 2. The number of nitro groups is 1. The van der Waals surface area contributed by atoms with E-state index in [0.29, 0.717) is 12.4 Å². The minimum atomic E-state index is -0.573. The van der Waals surface area contributed by atoms with Gasteiger partial charge in [0.1, 0.15) is 5.82 Å². The van der Waals surface area contributed by atoms with Gasteiger partial charge in [-0.1, -0.05) is 24.3 Å². The zero-order chi connectivity index (χ0) is 14.5. The van der Waals surface area contributed by atoms with Gasteiger partial charge in [-0.25, -0.2) is 4.98 Å². The maximum Gasteiger partial charge on any atom is 0.311 e. The standard InChI is InChI=1S/C13H14N4O3/c14-13-11(17(19)20)4-5-12(16-13)15-7-9-2-1-3-10(6-9)8-18/h1-6,18H,7-8H2,(H3,14,15,16). The Morgan fingerprint density at radius 2 is 2.05 bits per heavy atom. The minimum Gasteiger partial charge on any atom is -0.392 e. The number of hydrogen-bond acceptors (Lipinski definition) is 6. The highest BCUT2D eigenvalue weighted by atomic mass is 16.6. The molecule has 0 spiro atoms. The molecule has 1 aromatic carbocycles. The third-order valence-corrected chi connectivity index (χ3v) is 2.75. The molecule has 2 rings (SSSR count). The molecule has 7 nitrogen and oxygen atoms in total. The quantitative estimate of drug-likeness (QED) is 0.564. The number of hydrogen-bond donors (Lipinski definition) is 3. The normalized spacial score (nSPS) is 10.2. The predicted molar refractivity (Wildman–Crippen MR) is 75.0 cm³/mol. The highest BCUT2D eigenvalue weighted by Crippen LogP contribution is 2.21. The number of anilines is 2. The van der Waals surface area contributed by atoms with Crippen molar-refractivity contribution >= 4 is 17.3 Å². The van der Waals surface area contributed by atoms with E-state index in [1.54, 1.807) is 0 Å². The average Bonchev–Trinajstić information content (AvgIpc) is 2.45. The lowest BCUT2D eigenvalue weighted by atomic mass is 10.1. The number of aliphatic hydroxyl groups is 1. The fourth-order valence-corrected chi connectivity index (χ4v) is 1.75. The molecule has 0 fully saturated rings. The number of nitrogen functional groups attached to an aromatic ring is 1. The molecule has 0 bridgehead atoms. The Bertz CT molecular complexity index is 631. The Hall–Kier alpha value is -2.67. The Balaban J connectivity index is 2.07. The van der Waals surface area contributed by atoms with Gasteiger partial charge in [0, 0.05) is 12.6 Å². The van der Waals surface area contributed by atoms with E-state index in [1.807, 2.05) is 24.3 Å². The number of pyridine rings is 1. The molecule has 0 radical (unpaired) electrons. The first kappa shape index (κ1) is 13.8. The van der Waals surface area contributed by atoms with Crippen LogP contribution < -0.4 is 11.1 Å². The van der Waals surface area contributed by atoms with E-state index in [4.69, 9.17) is 10.8 Å². The van der Waals surface area contributed by atoms with E-state index in [0.717, 1.165) is 11.1 Å². The van der Waals surface area contributed by atoms with Crippen molar-refractivity contribution < 1.29 is 10.0 Å². The van der Waals surface area contributed by atoms with Gasteiger partial charge in [-0.05, 0) is 17.2 Å². The summed E-state index contributed by atoms with van der Waals surface area (Å²) in [7, 11) is 0. The maximum atomic E-state index is 10.6. The van der Waals surface area contributed by atoms with Gasteiger partial charge < -0.3 is 16.2 Å². The van der Waals surface area contributed by atoms with Crippen molar-refractivity contribution in [3.63, 3.8) is 0 Å². The van der Waals surface area contributed by atoms with Gasteiger partial charge in [0.2, 0.25) is 5.82 Å².